The molecule has 1 aliphatic heterocycles. The summed E-state index contributed by atoms with van der Waals surface area (Å²) in [5.74, 6) is 0.774. The van der Waals surface area contributed by atoms with Gasteiger partial charge in [0, 0.05) is 35.1 Å². The lowest BCUT2D eigenvalue weighted by Crippen LogP contribution is -2.50. The number of methoxy groups -OCH3 is 2. The van der Waals surface area contributed by atoms with Crippen LogP contribution < -0.4 is 25.0 Å². The van der Waals surface area contributed by atoms with Gasteiger partial charge in [0.1, 0.15) is 6.54 Å². The molecule has 0 saturated heterocycles. The molecule has 0 radical (unpaired) electrons. The second-order valence-electron chi connectivity index (χ2n) is 9.04. The second kappa shape index (κ2) is 10.4. The highest BCUT2D eigenvalue weighted by atomic mass is 16.5. The maximum atomic E-state index is 13.5. The van der Waals surface area contributed by atoms with E-state index in [0.29, 0.717) is 29.4 Å². The quantitative estimate of drug-likeness (QED) is 0.337. The number of para-hydroxylation sites is 4. The van der Waals surface area contributed by atoms with Crippen LogP contribution in [0.25, 0.3) is 10.9 Å². The zero-order valence-electron chi connectivity index (χ0n) is 21.1. The molecule has 3 N–H and O–H groups in total. The number of rotatable bonds is 8. The van der Waals surface area contributed by atoms with Crippen molar-refractivity contribution in [3.8, 4) is 11.5 Å². The summed E-state index contributed by atoms with van der Waals surface area (Å²) in [6, 6.07) is 20.8. The van der Waals surface area contributed by atoms with Crippen molar-refractivity contribution in [3.63, 3.8) is 0 Å². The summed E-state index contributed by atoms with van der Waals surface area (Å²) >= 11 is 0. The largest absolute Gasteiger partial charge is 0.493 e. The van der Waals surface area contributed by atoms with Crippen LogP contribution in [-0.2, 0) is 9.59 Å². The van der Waals surface area contributed by atoms with Gasteiger partial charge >= 0.3 is 0 Å². The number of aromatic amines is 1. The first kappa shape index (κ1) is 24.4. The zero-order valence-corrected chi connectivity index (χ0v) is 21.1. The fourth-order valence-electron chi connectivity index (χ4n) is 5.00. The predicted molar refractivity (Wildman–Crippen MR) is 145 cm³/mol. The van der Waals surface area contributed by atoms with E-state index in [1.807, 2.05) is 67.7 Å². The molecule has 1 aromatic heterocycles. The Bertz CT molecular complexity index is 1450. The van der Waals surface area contributed by atoms with E-state index < -0.39 is 6.04 Å². The highest BCUT2D eigenvalue weighted by Gasteiger charge is 2.31. The molecule has 1 aliphatic rings. The molecule has 8 heteroatoms. The number of anilines is 2. The standard InChI is InChI=1S/C29H30N4O4/c1-18(29(35)33-17-27(34)32-24-12-6-7-13-25(24)33)30-15-22(20-10-8-14-26(36-2)28(20)37-3)21-16-31-23-11-5-4-9-19(21)23/h4-14,16,18,22,30-31H,15,17H2,1-3H3,(H,32,34)/t18-,22+/m1/s1. The van der Waals surface area contributed by atoms with Crippen LogP contribution in [0.15, 0.2) is 72.9 Å². The zero-order chi connectivity index (χ0) is 25.9. The van der Waals surface area contributed by atoms with Crippen LogP contribution in [0.5, 0.6) is 11.5 Å². The molecule has 5 rings (SSSR count). The minimum absolute atomic E-state index is 0.0164. The number of nitrogens with one attached hydrogen (secondary N) is 3. The van der Waals surface area contributed by atoms with Crippen molar-refractivity contribution in [2.45, 2.75) is 18.9 Å². The van der Waals surface area contributed by atoms with E-state index in [9.17, 15) is 9.59 Å². The van der Waals surface area contributed by atoms with E-state index in [-0.39, 0.29) is 24.3 Å². The van der Waals surface area contributed by atoms with Crippen LogP contribution in [0.1, 0.15) is 24.0 Å². The van der Waals surface area contributed by atoms with Gasteiger partial charge in [-0.25, -0.2) is 0 Å². The molecule has 0 bridgehead atoms. The molecule has 0 spiro atoms. The number of ether oxygens (including phenoxy) is 2. The number of hydrogen-bond acceptors (Lipinski definition) is 5. The maximum absolute atomic E-state index is 13.5. The van der Waals surface area contributed by atoms with E-state index in [1.54, 1.807) is 25.2 Å². The third kappa shape index (κ3) is 4.63. The third-order valence-electron chi connectivity index (χ3n) is 6.84. The van der Waals surface area contributed by atoms with Gasteiger partial charge < -0.3 is 25.1 Å². The van der Waals surface area contributed by atoms with Gasteiger partial charge in [-0.1, -0.05) is 42.5 Å². The Kier molecular flexibility index (Phi) is 6.83. The Labute approximate surface area is 215 Å². The molecule has 0 unspecified atom stereocenters. The van der Waals surface area contributed by atoms with Gasteiger partial charge in [-0.2, -0.15) is 0 Å². The molecular weight excluding hydrogens is 468 g/mol. The number of aromatic nitrogens is 1. The first-order chi connectivity index (χ1) is 18.0. The maximum Gasteiger partial charge on any atom is 0.244 e. The fourth-order valence-corrected chi connectivity index (χ4v) is 5.00. The topological polar surface area (TPSA) is 95.7 Å². The molecule has 0 fully saturated rings. The number of fused-ring (bicyclic) bond motifs is 2. The predicted octanol–water partition coefficient (Wildman–Crippen LogP) is 4.28. The third-order valence-corrected chi connectivity index (χ3v) is 6.84. The van der Waals surface area contributed by atoms with Crippen LogP contribution in [0.3, 0.4) is 0 Å². The van der Waals surface area contributed by atoms with Crippen LogP contribution >= 0.6 is 0 Å². The summed E-state index contributed by atoms with van der Waals surface area (Å²) < 4.78 is 11.3. The van der Waals surface area contributed by atoms with Gasteiger partial charge in [0.05, 0.1) is 31.6 Å². The average Bonchev–Trinajstić information content (AvgIpc) is 3.35. The molecule has 2 amide bonds. The smallest absolute Gasteiger partial charge is 0.244 e. The summed E-state index contributed by atoms with van der Waals surface area (Å²) in [6.45, 7) is 2.27. The molecule has 4 aromatic rings. The molecule has 0 aliphatic carbocycles. The van der Waals surface area contributed by atoms with Crippen molar-refractivity contribution >= 4 is 34.1 Å². The van der Waals surface area contributed by atoms with Crippen molar-refractivity contribution in [2.24, 2.45) is 0 Å². The van der Waals surface area contributed by atoms with Gasteiger partial charge in [-0.15, -0.1) is 0 Å². The lowest BCUT2D eigenvalue weighted by molar-refractivity contribution is -0.123. The van der Waals surface area contributed by atoms with Gasteiger partial charge in [0.15, 0.2) is 11.5 Å². The van der Waals surface area contributed by atoms with E-state index in [1.165, 1.54) is 0 Å². The van der Waals surface area contributed by atoms with Crippen molar-refractivity contribution in [3.05, 3.63) is 84.1 Å². The Morgan fingerprint density at radius 3 is 2.59 bits per heavy atom. The fraction of sp³-hybridized carbons (Fsp3) is 0.241. The van der Waals surface area contributed by atoms with E-state index in [4.69, 9.17) is 9.47 Å². The average molecular weight is 499 g/mol. The highest BCUT2D eigenvalue weighted by molar-refractivity contribution is 6.11. The van der Waals surface area contributed by atoms with Gasteiger partial charge in [0.2, 0.25) is 11.8 Å². The molecule has 190 valence electrons. The van der Waals surface area contributed by atoms with Crippen LogP contribution in [0, 0.1) is 0 Å². The Morgan fingerprint density at radius 1 is 1.00 bits per heavy atom. The second-order valence-corrected chi connectivity index (χ2v) is 9.04. The van der Waals surface area contributed by atoms with Crippen molar-refractivity contribution in [1.29, 1.82) is 0 Å². The van der Waals surface area contributed by atoms with Gasteiger partial charge in [-0.05, 0) is 36.8 Å². The lowest BCUT2D eigenvalue weighted by Gasteiger charge is -2.32. The first-order valence-corrected chi connectivity index (χ1v) is 12.2. The molecule has 2 heterocycles. The number of carbonyl (C=O) groups is 2. The van der Waals surface area contributed by atoms with E-state index in [0.717, 1.165) is 22.0 Å². The minimum Gasteiger partial charge on any atom is -0.493 e. The minimum atomic E-state index is -0.539. The Balaban J connectivity index is 1.46. The summed E-state index contributed by atoms with van der Waals surface area (Å²) in [6.07, 6.45) is 2.01. The highest BCUT2D eigenvalue weighted by Crippen LogP contribution is 2.40. The molecule has 8 nitrogen and oxygen atoms in total. The van der Waals surface area contributed by atoms with Crippen LogP contribution in [0.2, 0.25) is 0 Å². The number of amides is 2. The first-order valence-electron chi connectivity index (χ1n) is 12.2. The summed E-state index contributed by atoms with van der Waals surface area (Å²) in [7, 11) is 3.25. The number of carbonyl (C=O) groups excluding carboxylic acids is 2. The van der Waals surface area contributed by atoms with Gasteiger partial charge in [0.25, 0.3) is 0 Å². The molecule has 3 aromatic carbocycles. The van der Waals surface area contributed by atoms with E-state index in [2.05, 4.69) is 21.7 Å². The molecule has 2 atom stereocenters. The molecular formula is C29H30N4O4. The monoisotopic (exact) mass is 498 g/mol. The van der Waals surface area contributed by atoms with Gasteiger partial charge in [-0.3, -0.25) is 14.5 Å². The van der Waals surface area contributed by atoms with Crippen molar-refractivity contribution in [2.75, 3.05) is 37.5 Å². The number of benzene rings is 3. The number of hydrogen-bond donors (Lipinski definition) is 3. The normalized spacial score (nSPS) is 14.6. The lowest BCUT2D eigenvalue weighted by atomic mass is 9.89. The summed E-state index contributed by atoms with van der Waals surface area (Å²) in [5.41, 5.74) is 4.39. The Hall–Kier alpha value is -4.30. The summed E-state index contributed by atoms with van der Waals surface area (Å²) in [5, 5.41) is 7.36. The number of nitrogens with zero attached hydrogens (tertiary/aromatic N) is 1. The van der Waals surface area contributed by atoms with Crippen molar-refractivity contribution < 1.29 is 19.1 Å². The van der Waals surface area contributed by atoms with Crippen molar-refractivity contribution in [1.82, 2.24) is 10.3 Å². The Morgan fingerprint density at radius 2 is 1.78 bits per heavy atom. The molecule has 37 heavy (non-hydrogen) atoms. The van der Waals surface area contributed by atoms with Crippen LogP contribution in [-0.4, -0.2) is 50.1 Å². The van der Waals surface area contributed by atoms with Crippen LogP contribution in [0.4, 0.5) is 11.4 Å². The molecule has 0 saturated carbocycles. The number of H-pyrrole nitrogens is 1. The van der Waals surface area contributed by atoms with E-state index >= 15 is 0 Å². The summed E-state index contributed by atoms with van der Waals surface area (Å²) in [4.78, 5) is 30.7. The SMILES string of the molecule is COc1cccc([C@H](CN[C@H](C)C(=O)N2CC(=O)Nc3ccccc32)c2c[nH]c3ccccc23)c1OC.